The molecular weight excluding hydrogens is 228 g/mol. The van der Waals surface area contributed by atoms with Gasteiger partial charge in [-0.25, -0.2) is 0 Å². The molecule has 1 unspecified atom stereocenters. The highest BCUT2D eigenvalue weighted by molar-refractivity contribution is 5.92. The van der Waals surface area contributed by atoms with E-state index in [9.17, 15) is 20.0 Å². The lowest BCUT2D eigenvalue weighted by atomic mass is 9.99. The van der Waals surface area contributed by atoms with E-state index in [1.165, 1.54) is 13.0 Å². The summed E-state index contributed by atoms with van der Waals surface area (Å²) >= 11 is 0. The summed E-state index contributed by atoms with van der Waals surface area (Å²) in [5, 5.41) is 22.3. The van der Waals surface area contributed by atoms with Crippen LogP contribution in [0.3, 0.4) is 0 Å². The average molecular weight is 242 g/mol. The second-order valence-corrected chi connectivity index (χ2v) is 4.25. The van der Waals surface area contributed by atoms with Crippen molar-refractivity contribution in [1.29, 1.82) is 0 Å². The molecule has 1 aromatic rings. The number of nitro groups is 1. The van der Waals surface area contributed by atoms with Crippen molar-refractivity contribution < 1.29 is 19.2 Å². The van der Waals surface area contributed by atoms with Crippen molar-refractivity contribution in [3.8, 4) is 0 Å². The molecule has 0 aliphatic rings. The highest BCUT2D eigenvalue weighted by atomic mass is 16.6. The summed E-state index contributed by atoms with van der Waals surface area (Å²) in [4.78, 5) is 21.3. The Morgan fingerprint density at radius 3 is 2.59 bits per heavy atom. The van der Waals surface area contributed by atoms with Crippen LogP contribution in [0.1, 0.15) is 31.3 Å². The summed E-state index contributed by atoms with van der Waals surface area (Å²) in [5.74, 6) is -1.26. The molecule has 0 saturated heterocycles. The summed E-state index contributed by atoms with van der Waals surface area (Å²) < 4.78 is 4.74. The zero-order chi connectivity index (χ0) is 13.2. The Balaban J connectivity index is 2.80. The van der Waals surface area contributed by atoms with E-state index in [2.05, 4.69) is 5.32 Å². The summed E-state index contributed by atoms with van der Waals surface area (Å²) in [7, 11) is 0. The molecule has 0 spiro atoms. The predicted octanol–water partition coefficient (Wildman–Crippen LogP) is 1.08. The first-order valence-corrected chi connectivity index (χ1v) is 4.99. The van der Waals surface area contributed by atoms with Gasteiger partial charge in [0.1, 0.15) is 4.92 Å². The molecule has 0 saturated carbocycles. The fraction of sp³-hybridized carbons (Fsp3) is 0.500. The SMILES string of the molecule is CC(O)C(C)(C)NC(=O)c1ccc([N+](=O)[O-])o1. The van der Waals surface area contributed by atoms with E-state index in [1.54, 1.807) is 13.8 Å². The molecular formula is C10H14N2O5. The molecule has 0 fully saturated rings. The number of hydrogen-bond acceptors (Lipinski definition) is 5. The summed E-state index contributed by atoms with van der Waals surface area (Å²) in [5.41, 5.74) is -0.849. The molecule has 0 aromatic carbocycles. The minimum atomic E-state index is -0.849. The first-order chi connectivity index (χ1) is 7.74. The maximum absolute atomic E-state index is 11.7. The molecule has 94 valence electrons. The minimum Gasteiger partial charge on any atom is -0.395 e. The van der Waals surface area contributed by atoms with Gasteiger partial charge in [-0.05, 0) is 26.8 Å². The van der Waals surface area contributed by atoms with Crippen LogP contribution in [-0.4, -0.2) is 27.6 Å². The summed E-state index contributed by atoms with van der Waals surface area (Å²) in [6, 6.07) is 2.32. The van der Waals surface area contributed by atoms with Crippen LogP contribution < -0.4 is 5.32 Å². The van der Waals surface area contributed by atoms with Crippen LogP contribution in [0.15, 0.2) is 16.5 Å². The largest absolute Gasteiger partial charge is 0.433 e. The third-order valence-electron chi connectivity index (χ3n) is 2.48. The number of carbonyl (C=O) groups excluding carboxylic acids is 1. The summed E-state index contributed by atoms with van der Waals surface area (Å²) in [6.07, 6.45) is -0.767. The van der Waals surface area contributed by atoms with Crippen LogP contribution in [-0.2, 0) is 0 Å². The lowest BCUT2D eigenvalue weighted by molar-refractivity contribution is -0.402. The van der Waals surface area contributed by atoms with Crippen LogP contribution in [0.2, 0.25) is 0 Å². The van der Waals surface area contributed by atoms with Crippen LogP contribution in [0, 0.1) is 10.1 Å². The molecule has 7 nitrogen and oxygen atoms in total. The number of amides is 1. The number of aliphatic hydroxyl groups is 1. The number of nitrogens with zero attached hydrogens (tertiary/aromatic N) is 1. The molecule has 1 atom stereocenters. The fourth-order valence-corrected chi connectivity index (χ4v) is 1.01. The molecule has 1 heterocycles. The Morgan fingerprint density at radius 1 is 1.59 bits per heavy atom. The van der Waals surface area contributed by atoms with Gasteiger partial charge in [0.2, 0.25) is 0 Å². The van der Waals surface area contributed by atoms with E-state index in [4.69, 9.17) is 4.42 Å². The molecule has 2 N–H and O–H groups in total. The van der Waals surface area contributed by atoms with Crippen molar-refractivity contribution in [1.82, 2.24) is 5.32 Å². The Morgan fingerprint density at radius 2 is 2.18 bits per heavy atom. The Kier molecular flexibility index (Phi) is 3.52. The molecule has 0 bridgehead atoms. The maximum Gasteiger partial charge on any atom is 0.433 e. The molecule has 1 rings (SSSR count). The van der Waals surface area contributed by atoms with Crippen molar-refractivity contribution >= 4 is 11.8 Å². The van der Waals surface area contributed by atoms with Gasteiger partial charge in [-0.3, -0.25) is 14.9 Å². The van der Waals surface area contributed by atoms with E-state index in [1.807, 2.05) is 0 Å². The van der Waals surface area contributed by atoms with Gasteiger partial charge in [-0.15, -0.1) is 0 Å². The molecule has 7 heteroatoms. The van der Waals surface area contributed by atoms with Gasteiger partial charge in [0.25, 0.3) is 5.91 Å². The number of hydrogen-bond donors (Lipinski definition) is 2. The van der Waals surface area contributed by atoms with Gasteiger partial charge < -0.3 is 14.8 Å². The average Bonchev–Trinajstić information content (AvgIpc) is 2.65. The van der Waals surface area contributed by atoms with Crippen molar-refractivity contribution in [2.75, 3.05) is 0 Å². The normalized spacial score (nSPS) is 13.2. The molecule has 0 aliphatic heterocycles. The topological polar surface area (TPSA) is 106 Å². The number of carbonyl (C=O) groups is 1. The van der Waals surface area contributed by atoms with Crippen molar-refractivity contribution in [3.63, 3.8) is 0 Å². The van der Waals surface area contributed by atoms with Crippen LogP contribution in [0.25, 0.3) is 0 Å². The number of furan rings is 1. The van der Waals surface area contributed by atoms with E-state index in [-0.39, 0.29) is 5.76 Å². The van der Waals surface area contributed by atoms with Crippen LogP contribution >= 0.6 is 0 Å². The fourth-order valence-electron chi connectivity index (χ4n) is 1.01. The highest BCUT2D eigenvalue weighted by Crippen LogP contribution is 2.17. The summed E-state index contributed by atoms with van der Waals surface area (Å²) in [6.45, 7) is 4.80. The predicted molar refractivity (Wildman–Crippen MR) is 58.6 cm³/mol. The van der Waals surface area contributed by atoms with E-state index in [0.29, 0.717) is 0 Å². The van der Waals surface area contributed by atoms with Crippen molar-refractivity contribution in [2.45, 2.75) is 32.4 Å². The number of nitrogens with one attached hydrogen (secondary N) is 1. The lowest BCUT2D eigenvalue weighted by Gasteiger charge is -2.28. The van der Waals surface area contributed by atoms with E-state index >= 15 is 0 Å². The Labute approximate surface area is 97.6 Å². The number of aliphatic hydroxyl groups excluding tert-OH is 1. The maximum atomic E-state index is 11.7. The minimum absolute atomic E-state index is 0.162. The highest BCUT2D eigenvalue weighted by Gasteiger charge is 2.28. The molecule has 1 aromatic heterocycles. The van der Waals surface area contributed by atoms with Gasteiger partial charge in [-0.1, -0.05) is 0 Å². The van der Waals surface area contributed by atoms with Gasteiger partial charge in [0.05, 0.1) is 17.7 Å². The van der Waals surface area contributed by atoms with Gasteiger partial charge >= 0.3 is 5.88 Å². The zero-order valence-electron chi connectivity index (χ0n) is 9.76. The van der Waals surface area contributed by atoms with Crippen molar-refractivity contribution in [2.24, 2.45) is 0 Å². The third-order valence-corrected chi connectivity index (χ3v) is 2.48. The quantitative estimate of drug-likeness (QED) is 0.607. The Hall–Kier alpha value is -1.89. The lowest BCUT2D eigenvalue weighted by Crippen LogP contribution is -2.50. The monoisotopic (exact) mass is 242 g/mol. The first kappa shape index (κ1) is 13.2. The first-order valence-electron chi connectivity index (χ1n) is 4.99. The van der Waals surface area contributed by atoms with E-state index < -0.39 is 28.4 Å². The molecule has 0 radical (unpaired) electrons. The van der Waals surface area contributed by atoms with Gasteiger partial charge in [-0.2, -0.15) is 0 Å². The second-order valence-electron chi connectivity index (χ2n) is 4.25. The van der Waals surface area contributed by atoms with Crippen LogP contribution in [0.4, 0.5) is 5.88 Å². The van der Waals surface area contributed by atoms with Crippen LogP contribution in [0.5, 0.6) is 0 Å². The molecule has 1 amide bonds. The number of rotatable bonds is 4. The van der Waals surface area contributed by atoms with Crippen molar-refractivity contribution in [3.05, 3.63) is 28.0 Å². The molecule has 17 heavy (non-hydrogen) atoms. The molecule has 0 aliphatic carbocycles. The second kappa shape index (κ2) is 4.54. The van der Waals surface area contributed by atoms with E-state index in [0.717, 1.165) is 6.07 Å². The third kappa shape index (κ3) is 3.04. The zero-order valence-corrected chi connectivity index (χ0v) is 9.76. The smallest absolute Gasteiger partial charge is 0.395 e. The van der Waals surface area contributed by atoms with Gasteiger partial charge in [0, 0.05) is 0 Å². The standard InChI is InChI=1S/C10H14N2O5/c1-6(13)10(2,3)11-9(14)7-4-5-8(17-7)12(15)16/h4-6,13H,1-3H3,(H,11,14). The Bertz CT molecular complexity index is 436. The van der Waals surface area contributed by atoms with Gasteiger partial charge in [0.15, 0.2) is 5.76 Å².